The lowest BCUT2D eigenvalue weighted by Crippen LogP contribution is -2.63. The number of nitrogens with one attached hydrogen (secondary N) is 1. The third-order valence-corrected chi connectivity index (χ3v) is 4.08. The van der Waals surface area contributed by atoms with Gasteiger partial charge < -0.3 is 10.1 Å². The van der Waals surface area contributed by atoms with Gasteiger partial charge in [0.15, 0.2) is 0 Å². The molecule has 0 saturated heterocycles. The Balaban J connectivity index is 2.53. The summed E-state index contributed by atoms with van der Waals surface area (Å²) >= 11 is 0. The summed E-state index contributed by atoms with van der Waals surface area (Å²) in [6.07, 6.45) is 5.29. The van der Waals surface area contributed by atoms with Crippen molar-refractivity contribution in [1.29, 1.82) is 0 Å². The molecule has 1 saturated carbocycles. The van der Waals surface area contributed by atoms with E-state index >= 15 is 0 Å². The van der Waals surface area contributed by atoms with Gasteiger partial charge >= 0.3 is 0 Å². The molecule has 1 rings (SSSR count). The second-order valence-electron chi connectivity index (χ2n) is 4.65. The Bertz CT molecular complexity index is 177. The van der Waals surface area contributed by atoms with Gasteiger partial charge in [0.25, 0.3) is 0 Å². The highest BCUT2D eigenvalue weighted by molar-refractivity contribution is 5.06. The monoisotopic (exact) mass is 213 g/mol. The van der Waals surface area contributed by atoms with Crippen LogP contribution in [0, 0.1) is 5.41 Å². The van der Waals surface area contributed by atoms with Crippen LogP contribution in [0.15, 0.2) is 0 Å². The molecule has 2 heteroatoms. The van der Waals surface area contributed by atoms with Gasteiger partial charge in [-0.1, -0.05) is 27.7 Å². The van der Waals surface area contributed by atoms with Crippen molar-refractivity contribution in [3.8, 4) is 0 Å². The van der Waals surface area contributed by atoms with E-state index in [9.17, 15) is 0 Å². The summed E-state index contributed by atoms with van der Waals surface area (Å²) in [7, 11) is 0. The summed E-state index contributed by atoms with van der Waals surface area (Å²) in [6, 6.07) is 0.680. The highest BCUT2D eigenvalue weighted by Gasteiger charge is 2.52. The van der Waals surface area contributed by atoms with Crippen molar-refractivity contribution in [2.45, 2.75) is 65.5 Å². The zero-order valence-corrected chi connectivity index (χ0v) is 10.8. The molecule has 0 heterocycles. The van der Waals surface area contributed by atoms with Crippen molar-refractivity contribution >= 4 is 0 Å². The molecule has 15 heavy (non-hydrogen) atoms. The van der Waals surface area contributed by atoms with Crippen molar-refractivity contribution in [2.24, 2.45) is 5.41 Å². The van der Waals surface area contributed by atoms with Gasteiger partial charge in [-0.2, -0.15) is 0 Å². The highest BCUT2D eigenvalue weighted by Crippen LogP contribution is 2.48. The molecule has 0 aromatic carbocycles. The Morgan fingerprint density at radius 1 is 1.20 bits per heavy atom. The molecule has 2 nitrogen and oxygen atoms in total. The Morgan fingerprint density at radius 2 is 1.87 bits per heavy atom. The first-order chi connectivity index (χ1) is 7.25. The standard InChI is InChI=1S/C13H27NO/c1-5-9-15-12-10-11(14-8-4)13(12,6-2)7-3/h11-12,14H,5-10H2,1-4H3. The van der Waals surface area contributed by atoms with Crippen molar-refractivity contribution < 1.29 is 4.74 Å². The van der Waals surface area contributed by atoms with E-state index in [-0.39, 0.29) is 0 Å². The minimum atomic E-state index is 0.408. The van der Waals surface area contributed by atoms with E-state index in [0.717, 1.165) is 19.6 Å². The number of hydrogen-bond acceptors (Lipinski definition) is 2. The van der Waals surface area contributed by atoms with Crippen molar-refractivity contribution in [3.63, 3.8) is 0 Å². The minimum Gasteiger partial charge on any atom is -0.378 e. The normalized spacial score (nSPS) is 28.8. The van der Waals surface area contributed by atoms with Crippen LogP contribution >= 0.6 is 0 Å². The molecule has 0 aromatic rings. The smallest absolute Gasteiger partial charge is 0.0661 e. The van der Waals surface area contributed by atoms with E-state index in [4.69, 9.17) is 4.74 Å². The maximum Gasteiger partial charge on any atom is 0.0661 e. The zero-order chi connectivity index (χ0) is 11.3. The predicted octanol–water partition coefficient (Wildman–Crippen LogP) is 2.97. The first-order valence-corrected chi connectivity index (χ1v) is 6.60. The van der Waals surface area contributed by atoms with Crippen molar-refractivity contribution in [3.05, 3.63) is 0 Å². The molecule has 2 unspecified atom stereocenters. The topological polar surface area (TPSA) is 21.3 Å². The van der Waals surface area contributed by atoms with Crippen LogP contribution in [0.5, 0.6) is 0 Å². The maximum atomic E-state index is 5.96. The molecular formula is C13H27NO. The fourth-order valence-corrected chi connectivity index (χ4v) is 2.97. The predicted molar refractivity (Wildman–Crippen MR) is 65.1 cm³/mol. The average molecular weight is 213 g/mol. The molecule has 0 amide bonds. The molecule has 1 fully saturated rings. The van der Waals surface area contributed by atoms with Gasteiger partial charge in [0.2, 0.25) is 0 Å². The van der Waals surface area contributed by atoms with Gasteiger partial charge in [-0.05, 0) is 32.2 Å². The lowest BCUT2D eigenvalue weighted by atomic mass is 9.58. The van der Waals surface area contributed by atoms with E-state index in [0.29, 0.717) is 17.6 Å². The molecule has 1 aliphatic carbocycles. The minimum absolute atomic E-state index is 0.408. The van der Waals surface area contributed by atoms with E-state index < -0.39 is 0 Å². The first-order valence-electron chi connectivity index (χ1n) is 6.60. The van der Waals surface area contributed by atoms with E-state index in [1.165, 1.54) is 19.3 Å². The lowest BCUT2D eigenvalue weighted by molar-refractivity contribution is -0.140. The average Bonchev–Trinajstić information content (AvgIpc) is 2.24. The largest absolute Gasteiger partial charge is 0.378 e. The van der Waals surface area contributed by atoms with Crippen molar-refractivity contribution in [2.75, 3.05) is 13.2 Å². The van der Waals surface area contributed by atoms with Crippen LogP contribution < -0.4 is 5.32 Å². The zero-order valence-electron chi connectivity index (χ0n) is 10.8. The Kier molecular flexibility index (Phi) is 5.07. The third-order valence-electron chi connectivity index (χ3n) is 4.08. The number of rotatable bonds is 7. The molecule has 0 aromatic heterocycles. The summed E-state index contributed by atoms with van der Waals surface area (Å²) in [6.45, 7) is 11.0. The Morgan fingerprint density at radius 3 is 2.33 bits per heavy atom. The molecule has 0 spiro atoms. The first kappa shape index (κ1) is 13.0. The molecule has 0 radical (unpaired) electrons. The van der Waals surface area contributed by atoms with Crippen molar-refractivity contribution in [1.82, 2.24) is 5.32 Å². The molecule has 1 N–H and O–H groups in total. The Labute approximate surface area is 94.8 Å². The summed E-state index contributed by atoms with van der Waals surface area (Å²) in [5.41, 5.74) is 0.408. The summed E-state index contributed by atoms with van der Waals surface area (Å²) in [5.74, 6) is 0. The fraction of sp³-hybridized carbons (Fsp3) is 1.00. The summed E-state index contributed by atoms with van der Waals surface area (Å²) < 4.78 is 5.96. The highest BCUT2D eigenvalue weighted by atomic mass is 16.5. The number of hydrogen-bond donors (Lipinski definition) is 1. The van der Waals surface area contributed by atoms with Gasteiger partial charge in [-0.3, -0.25) is 0 Å². The van der Waals surface area contributed by atoms with Crippen LogP contribution in [0.1, 0.15) is 53.4 Å². The van der Waals surface area contributed by atoms with Crippen LogP contribution in [0.4, 0.5) is 0 Å². The molecule has 90 valence electrons. The second kappa shape index (κ2) is 5.86. The summed E-state index contributed by atoms with van der Waals surface area (Å²) in [5, 5.41) is 3.60. The molecule has 0 aliphatic heterocycles. The van der Waals surface area contributed by atoms with Crippen LogP contribution in [-0.2, 0) is 4.74 Å². The second-order valence-corrected chi connectivity index (χ2v) is 4.65. The third kappa shape index (κ3) is 2.36. The SMILES string of the molecule is CCCOC1CC(NCC)C1(CC)CC. The fourth-order valence-electron chi connectivity index (χ4n) is 2.97. The van der Waals surface area contributed by atoms with Crippen LogP contribution in [0.2, 0.25) is 0 Å². The van der Waals surface area contributed by atoms with E-state index in [1.807, 2.05) is 0 Å². The van der Waals surface area contributed by atoms with Gasteiger partial charge in [-0.15, -0.1) is 0 Å². The molecular weight excluding hydrogens is 186 g/mol. The summed E-state index contributed by atoms with van der Waals surface area (Å²) in [4.78, 5) is 0. The number of ether oxygens (including phenoxy) is 1. The van der Waals surface area contributed by atoms with Crippen LogP contribution in [0.25, 0.3) is 0 Å². The van der Waals surface area contributed by atoms with Gasteiger partial charge in [0.05, 0.1) is 6.10 Å². The molecule has 0 bridgehead atoms. The molecule has 2 atom stereocenters. The maximum absolute atomic E-state index is 5.96. The van der Waals surface area contributed by atoms with Gasteiger partial charge in [0.1, 0.15) is 0 Å². The Hall–Kier alpha value is -0.0800. The quantitative estimate of drug-likeness (QED) is 0.702. The lowest BCUT2D eigenvalue weighted by Gasteiger charge is -2.55. The van der Waals surface area contributed by atoms with Crippen LogP contribution in [-0.4, -0.2) is 25.3 Å². The van der Waals surface area contributed by atoms with Gasteiger partial charge in [-0.25, -0.2) is 0 Å². The van der Waals surface area contributed by atoms with Gasteiger partial charge in [0, 0.05) is 18.1 Å². The molecule has 1 aliphatic rings. The van der Waals surface area contributed by atoms with E-state index in [2.05, 4.69) is 33.0 Å². The van der Waals surface area contributed by atoms with Crippen LogP contribution in [0.3, 0.4) is 0 Å². The van der Waals surface area contributed by atoms with E-state index in [1.54, 1.807) is 0 Å².